The Bertz CT molecular complexity index is 442. The molecule has 14 heavy (non-hydrogen) atoms. The number of hydrogen-bond donors (Lipinski definition) is 0. The maximum absolute atomic E-state index is 10.8. The highest BCUT2D eigenvalue weighted by Gasteiger charge is 2.04. The summed E-state index contributed by atoms with van der Waals surface area (Å²) in [5.41, 5.74) is 1.53. The van der Waals surface area contributed by atoms with Crippen molar-refractivity contribution in [3.05, 3.63) is 53.1 Å². The van der Waals surface area contributed by atoms with Gasteiger partial charge in [-0.15, -0.1) is 0 Å². The van der Waals surface area contributed by atoms with E-state index in [1.54, 1.807) is 30.5 Å². The van der Waals surface area contributed by atoms with Gasteiger partial charge in [-0.05, 0) is 12.1 Å². The van der Waals surface area contributed by atoms with E-state index >= 15 is 0 Å². The largest absolute Gasteiger partial charge is 0.619 e. The first-order chi connectivity index (χ1) is 6.77. The van der Waals surface area contributed by atoms with Crippen LogP contribution in [0.4, 0.5) is 0 Å². The summed E-state index contributed by atoms with van der Waals surface area (Å²) in [6.45, 7) is 0. The molecule has 0 aromatic carbocycles. The van der Waals surface area contributed by atoms with Crippen molar-refractivity contribution in [2.75, 3.05) is 0 Å². The molecular formula is C10H7ClN2O. The summed E-state index contributed by atoms with van der Waals surface area (Å²) in [7, 11) is 0. The Kier molecular flexibility index (Phi) is 2.33. The Morgan fingerprint density at radius 2 is 1.93 bits per heavy atom. The summed E-state index contributed by atoms with van der Waals surface area (Å²) in [5.74, 6) is 0. The molecule has 0 saturated carbocycles. The van der Waals surface area contributed by atoms with Gasteiger partial charge in [0.15, 0.2) is 12.4 Å². The Balaban J connectivity index is 2.50. The van der Waals surface area contributed by atoms with Crippen molar-refractivity contribution in [1.82, 2.24) is 4.98 Å². The minimum Gasteiger partial charge on any atom is -0.619 e. The van der Waals surface area contributed by atoms with Gasteiger partial charge >= 0.3 is 0 Å². The zero-order chi connectivity index (χ0) is 9.97. The molecule has 2 heterocycles. The first-order valence-electron chi connectivity index (χ1n) is 4.07. The molecule has 2 rings (SSSR count). The molecule has 0 N–H and O–H groups in total. The second-order valence-electron chi connectivity index (χ2n) is 2.78. The van der Waals surface area contributed by atoms with Crippen LogP contribution in [0.5, 0.6) is 0 Å². The number of halogens is 1. The van der Waals surface area contributed by atoms with Crippen LogP contribution in [0, 0.1) is 5.21 Å². The fourth-order valence-electron chi connectivity index (χ4n) is 1.17. The maximum Gasteiger partial charge on any atom is 0.181 e. The third-order valence-corrected chi connectivity index (χ3v) is 2.14. The van der Waals surface area contributed by atoms with Gasteiger partial charge in [-0.3, -0.25) is 4.98 Å². The lowest BCUT2D eigenvalue weighted by Gasteiger charge is -2.01. The minimum absolute atomic E-state index is 0.580. The van der Waals surface area contributed by atoms with Crippen molar-refractivity contribution in [3.8, 4) is 11.3 Å². The molecule has 0 saturated heterocycles. The fraction of sp³-hybridized carbons (Fsp3) is 0. The van der Waals surface area contributed by atoms with Crippen LogP contribution in [0.25, 0.3) is 11.3 Å². The lowest BCUT2D eigenvalue weighted by molar-refractivity contribution is -0.605. The Morgan fingerprint density at radius 3 is 2.57 bits per heavy atom. The van der Waals surface area contributed by atoms with Gasteiger partial charge in [0.1, 0.15) is 0 Å². The molecule has 0 unspecified atom stereocenters. The van der Waals surface area contributed by atoms with E-state index < -0.39 is 0 Å². The standard InChI is InChI=1S/C10H7ClN2O/c11-9-2-1-5-12-10(9)8-3-6-13(14)7-4-8/h1-7H. The molecule has 3 nitrogen and oxygen atoms in total. The van der Waals surface area contributed by atoms with E-state index in [2.05, 4.69) is 4.98 Å². The SMILES string of the molecule is [O-][n+]1ccc(-c2ncccc2Cl)cc1. The quantitative estimate of drug-likeness (QED) is 0.529. The van der Waals surface area contributed by atoms with Crippen molar-refractivity contribution < 1.29 is 4.73 Å². The normalized spacial score (nSPS) is 10.1. The van der Waals surface area contributed by atoms with E-state index in [1.165, 1.54) is 12.4 Å². The lowest BCUT2D eigenvalue weighted by Crippen LogP contribution is -2.23. The van der Waals surface area contributed by atoms with Crippen molar-refractivity contribution in [3.63, 3.8) is 0 Å². The second kappa shape index (κ2) is 3.64. The highest BCUT2D eigenvalue weighted by atomic mass is 35.5. The van der Waals surface area contributed by atoms with E-state index in [4.69, 9.17) is 11.6 Å². The highest BCUT2D eigenvalue weighted by molar-refractivity contribution is 6.32. The Hall–Kier alpha value is -1.61. The molecule has 0 bridgehead atoms. The molecule has 2 aromatic rings. The van der Waals surface area contributed by atoms with Gasteiger partial charge in [-0.1, -0.05) is 11.6 Å². The molecule has 0 aliphatic carbocycles. The molecule has 70 valence electrons. The molecule has 0 aliphatic heterocycles. The van der Waals surface area contributed by atoms with Crippen LogP contribution >= 0.6 is 11.6 Å². The Labute approximate surface area is 86.2 Å². The second-order valence-corrected chi connectivity index (χ2v) is 3.19. The topological polar surface area (TPSA) is 39.8 Å². The average Bonchev–Trinajstić information content (AvgIpc) is 2.20. The monoisotopic (exact) mass is 206 g/mol. The predicted molar refractivity (Wildman–Crippen MR) is 53.6 cm³/mol. The van der Waals surface area contributed by atoms with Crippen LogP contribution in [0.3, 0.4) is 0 Å². The van der Waals surface area contributed by atoms with Gasteiger partial charge in [0.25, 0.3) is 0 Å². The van der Waals surface area contributed by atoms with Crippen molar-refractivity contribution in [2.45, 2.75) is 0 Å². The summed E-state index contributed by atoms with van der Waals surface area (Å²) in [6, 6.07) is 6.90. The first kappa shape index (κ1) is 8.97. The molecule has 0 atom stereocenters. The zero-order valence-electron chi connectivity index (χ0n) is 7.22. The first-order valence-corrected chi connectivity index (χ1v) is 4.45. The van der Waals surface area contributed by atoms with Gasteiger partial charge in [0.05, 0.1) is 10.7 Å². The van der Waals surface area contributed by atoms with E-state index in [-0.39, 0.29) is 0 Å². The summed E-state index contributed by atoms with van der Waals surface area (Å²) >= 11 is 5.95. The van der Waals surface area contributed by atoms with Crippen LogP contribution in [0.1, 0.15) is 0 Å². The summed E-state index contributed by atoms with van der Waals surface area (Å²) < 4.78 is 0.723. The van der Waals surface area contributed by atoms with Crippen LogP contribution in [0.15, 0.2) is 42.9 Å². The van der Waals surface area contributed by atoms with Crippen LogP contribution < -0.4 is 4.73 Å². The minimum atomic E-state index is 0.580. The zero-order valence-corrected chi connectivity index (χ0v) is 7.98. The number of nitrogens with zero attached hydrogens (tertiary/aromatic N) is 2. The lowest BCUT2D eigenvalue weighted by atomic mass is 10.2. The van der Waals surface area contributed by atoms with E-state index in [1.807, 2.05) is 0 Å². The molecule has 4 heteroatoms. The molecule has 0 amide bonds. The fourth-order valence-corrected chi connectivity index (χ4v) is 1.40. The predicted octanol–water partition coefficient (Wildman–Crippen LogP) is 2.04. The van der Waals surface area contributed by atoms with Gasteiger partial charge < -0.3 is 5.21 Å². The van der Waals surface area contributed by atoms with Crippen LogP contribution in [-0.4, -0.2) is 4.98 Å². The third kappa shape index (κ3) is 1.67. The van der Waals surface area contributed by atoms with Crippen LogP contribution in [-0.2, 0) is 0 Å². The van der Waals surface area contributed by atoms with Gasteiger partial charge in [0.2, 0.25) is 0 Å². The maximum atomic E-state index is 10.8. The number of hydrogen-bond acceptors (Lipinski definition) is 2. The van der Waals surface area contributed by atoms with Gasteiger partial charge in [-0.2, -0.15) is 4.73 Å². The van der Waals surface area contributed by atoms with Crippen LogP contribution in [0.2, 0.25) is 5.02 Å². The molecule has 0 spiro atoms. The summed E-state index contributed by atoms with van der Waals surface area (Å²) in [6.07, 6.45) is 4.50. The molecule has 2 aromatic heterocycles. The summed E-state index contributed by atoms with van der Waals surface area (Å²) in [4.78, 5) is 4.13. The van der Waals surface area contributed by atoms with E-state index in [0.29, 0.717) is 10.7 Å². The molecule has 0 radical (unpaired) electrons. The molecule has 0 aliphatic rings. The highest BCUT2D eigenvalue weighted by Crippen LogP contribution is 2.23. The number of rotatable bonds is 1. The van der Waals surface area contributed by atoms with Gasteiger partial charge in [0, 0.05) is 23.9 Å². The molecular weight excluding hydrogens is 200 g/mol. The van der Waals surface area contributed by atoms with E-state index in [0.717, 1.165) is 10.3 Å². The number of pyridine rings is 2. The average molecular weight is 207 g/mol. The third-order valence-electron chi connectivity index (χ3n) is 1.83. The smallest absolute Gasteiger partial charge is 0.181 e. The van der Waals surface area contributed by atoms with Gasteiger partial charge in [-0.25, -0.2) is 0 Å². The summed E-state index contributed by atoms with van der Waals surface area (Å²) in [5, 5.41) is 11.4. The Morgan fingerprint density at radius 1 is 1.21 bits per heavy atom. The number of aromatic nitrogens is 2. The van der Waals surface area contributed by atoms with E-state index in [9.17, 15) is 5.21 Å². The van der Waals surface area contributed by atoms with Crippen molar-refractivity contribution in [2.24, 2.45) is 0 Å². The van der Waals surface area contributed by atoms with Crippen molar-refractivity contribution in [1.29, 1.82) is 0 Å². The van der Waals surface area contributed by atoms with Crippen molar-refractivity contribution >= 4 is 11.6 Å². The molecule has 0 fully saturated rings.